The van der Waals surface area contributed by atoms with E-state index in [4.69, 9.17) is 9.47 Å². The lowest BCUT2D eigenvalue weighted by atomic mass is 10.1. The number of carbonyl (C=O) groups excluding carboxylic acids is 1. The minimum Gasteiger partial charge on any atom is -0.490 e. The van der Waals surface area contributed by atoms with E-state index in [1.165, 1.54) is 12.1 Å². The second-order valence-corrected chi connectivity index (χ2v) is 4.30. The Hall–Kier alpha value is -1.56. The largest absolute Gasteiger partial charge is 0.490 e. The van der Waals surface area contributed by atoms with Gasteiger partial charge < -0.3 is 9.47 Å². The summed E-state index contributed by atoms with van der Waals surface area (Å²) in [5.74, 6) is -0.231. The predicted molar refractivity (Wildman–Crippen MR) is 61.3 cm³/mol. The molecule has 6 heteroatoms. The highest BCUT2D eigenvalue weighted by Crippen LogP contribution is 2.37. The quantitative estimate of drug-likeness (QED) is 0.795. The summed E-state index contributed by atoms with van der Waals surface area (Å²) in [6.45, 7) is 0.969. The fourth-order valence-electron chi connectivity index (χ4n) is 1.92. The first-order chi connectivity index (χ1) is 9.00. The lowest BCUT2D eigenvalue weighted by Gasteiger charge is -2.25. The van der Waals surface area contributed by atoms with E-state index in [0.29, 0.717) is 32.3 Å². The van der Waals surface area contributed by atoms with Crippen molar-refractivity contribution in [1.29, 1.82) is 0 Å². The average Bonchev–Trinajstić information content (AvgIpc) is 2.39. The highest BCUT2D eigenvalue weighted by Gasteiger charge is 2.35. The molecule has 0 radical (unpaired) electrons. The maximum absolute atomic E-state index is 12.9. The van der Waals surface area contributed by atoms with Crippen LogP contribution >= 0.6 is 0 Å². The second kappa shape index (κ2) is 5.61. The van der Waals surface area contributed by atoms with Crippen LogP contribution in [0.15, 0.2) is 18.2 Å². The van der Waals surface area contributed by atoms with Crippen LogP contribution in [0, 0.1) is 0 Å². The normalized spacial score (nSPS) is 17.2. The molecule has 0 atom stereocenters. The van der Waals surface area contributed by atoms with Crippen LogP contribution in [-0.4, -0.2) is 25.6 Å². The third-order valence-electron chi connectivity index (χ3n) is 2.91. The minimum absolute atomic E-state index is 0.0216. The molecule has 0 N–H and O–H groups in total. The third-order valence-corrected chi connectivity index (χ3v) is 2.91. The van der Waals surface area contributed by atoms with Crippen LogP contribution in [0.2, 0.25) is 0 Å². The molecule has 3 nitrogen and oxygen atoms in total. The van der Waals surface area contributed by atoms with E-state index in [0.717, 1.165) is 6.07 Å². The molecule has 1 fully saturated rings. The van der Waals surface area contributed by atoms with Crippen LogP contribution < -0.4 is 4.74 Å². The van der Waals surface area contributed by atoms with Crippen molar-refractivity contribution in [2.75, 3.05) is 13.2 Å². The molecule has 0 unspecified atom stereocenters. The highest BCUT2D eigenvalue weighted by molar-refractivity contribution is 5.75. The summed E-state index contributed by atoms with van der Waals surface area (Å²) in [6.07, 6.45) is -3.32. The molecule has 1 aliphatic heterocycles. The maximum atomic E-state index is 12.9. The zero-order valence-corrected chi connectivity index (χ0v) is 10.1. The molecular formula is C13H13F3O3. The van der Waals surface area contributed by atoms with E-state index in [-0.39, 0.29) is 17.4 Å². The molecule has 0 bridgehead atoms. The first-order valence-electron chi connectivity index (χ1n) is 5.91. The summed E-state index contributed by atoms with van der Waals surface area (Å²) in [4.78, 5) is 10.6. The number of ether oxygens (including phenoxy) is 2. The molecule has 104 valence electrons. The zero-order valence-electron chi connectivity index (χ0n) is 10.1. The van der Waals surface area contributed by atoms with Gasteiger partial charge in [-0.2, -0.15) is 13.2 Å². The lowest BCUT2D eigenvalue weighted by molar-refractivity contribution is -0.139. The second-order valence-electron chi connectivity index (χ2n) is 4.30. The molecule has 1 saturated heterocycles. The first kappa shape index (κ1) is 13.9. The smallest absolute Gasteiger partial charge is 0.419 e. The Balaban J connectivity index is 2.25. The Morgan fingerprint density at radius 3 is 2.53 bits per heavy atom. The molecule has 1 aliphatic rings. The zero-order chi connectivity index (χ0) is 13.9. The number of halogens is 3. The van der Waals surface area contributed by atoms with E-state index in [2.05, 4.69) is 0 Å². The number of carbonyl (C=O) groups is 1. The van der Waals surface area contributed by atoms with Gasteiger partial charge in [0.1, 0.15) is 18.1 Å². The van der Waals surface area contributed by atoms with Crippen LogP contribution in [0.25, 0.3) is 0 Å². The molecule has 0 saturated carbocycles. The number of hydrogen-bond acceptors (Lipinski definition) is 3. The molecule has 1 heterocycles. The summed E-state index contributed by atoms with van der Waals surface area (Å²) < 4.78 is 49.2. The molecule has 2 rings (SSSR count). The van der Waals surface area contributed by atoms with Crippen molar-refractivity contribution >= 4 is 6.29 Å². The van der Waals surface area contributed by atoms with Gasteiger partial charge in [-0.05, 0) is 18.2 Å². The molecule has 0 aliphatic carbocycles. The van der Waals surface area contributed by atoms with Gasteiger partial charge in [-0.15, -0.1) is 0 Å². The van der Waals surface area contributed by atoms with Gasteiger partial charge in [0.25, 0.3) is 0 Å². The van der Waals surface area contributed by atoms with E-state index >= 15 is 0 Å². The van der Waals surface area contributed by atoms with Gasteiger partial charge in [0, 0.05) is 18.4 Å². The number of hydrogen-bond donors (Lipinski definition) is 0. The molecule has 0 amide bonds. The van der Waals surface area contributed by atoms with Crippen molar-refractivity contribution in [3.8, 4) is 5.75 Å². The average molecular weight is 274 g/mol. The van der Waals surface area contributed by atoms with Gasteiger partial charge in [-0.3, -0.25) is 4.79 Å². The lowest BCUT2D eigenvalue weighted by Crippen LogP contribution is -2.26. The Kier molecular flexibility index (Phi) is 4.09. The minimum atomic E-state index is -4.54. The fraction of sp³-hybridized carbons (Fsp3) is 0.462. The van der Waals surface area contributed by atoms with Gasteiger partial charge in [0.2, 0.25) is 0 Å². The van der Waals surface area contributed by atoms with Crippen LogP contribution in [0.3, 0.4) is 0 Å². The molecule has 0 spiro atoms. The predicted octanol–water partition coefficient (Wildman–Crippen LogP) is 3.08. The summed E-state index contributed by atoms with van der Waals surface area (Å²) in [5.41, 5.74) is -0.935. The Labute approximate surface area is 108 Å². The topological polar surface area (TPSA) is 35.5 Å². The Bertz CT molecular complexity index is 451. The van der Waals surface area contributed by atoms with Crippen molar-refractivity contribution in [3.05, 3.63) is 29.3 Å². The fourth-order valence-corrected chi connectivity index (χ4v) is 1.92. The van der Waals surface area contributed by atoms with E-state index < -0.39 is 11.7 Å². The summed E-state index contributed by atoms with van der Waals surface area (Å²) >= 11 is 0. The first-order valence-corrected chi connectivity index (χ1v) is 5.91. The van der Waals surface area contributed by atoms with E-state index in [1.54, 1.807) is 0 Å². The number of alkyl halides is 3. The van der Waals surface area contributed by atoms with Crippen LogP contribution in [-0.2, 0) is 10.9 Å². The van der Waals surface area contributed by atoms with Crippen molar-refractivity contribution in [3.63, 3.8) is 0 Å². The van der Waals surface area contributed by atoms with Crippen molar-refractivity contribution in [2.24, 2.45) is 0 Å². The van der Waals surface area contributed by atoms with Crippen molar-refractivity contribution in [1.82, 2.24) is 0 Å². The summed E-state index contributed by atoms with van der Waals surface area (Å²) in [5, 5.41) is 0. The standard InChI is InChI=1S/C13H13F3O3/c14-13(15,16)11-7-9(8-17)1-2-12(11)19-10-3-5-18-6-4-10/h1-2,7-8,10H,3-6H2. The van der Waals surface area contributed by atoms with Crippen LogP contribution in [0.4, 0.5) is 13.2 Å². The van der Waals surface area contributed by atoms with Crippen molar-refractivity contribution in [2.45, 2.75) is 25.1 Å². The number of rotatable bonds is 3. The third kappa shape index (κ3) is 3.47. The van der Waals surface area contributed by atoms with Gasteiger partial charge in [0.15, 0.2) is 0 Å². The van der Waals surface area contributed by atoms with Crippen molar-refractivity contribution < 1.29 is 27.4 Å². The highest BCUT2D eigenvalue weighted by atomic mass is 19.4. The van der Waals surface area contributed by atoms with Gasteiger partial charge in [0.05, 0.1) is 18.8 Å². The van der Waals surface area contributed by atoms with Gasteiger partial charge in [-0.25, -0.2) is 0 Å². The summed E-state index contributed by atoms with van der Waals surface area (Å²) in [7, 11) is 0. The maximum Gasteiger partial charge on any atom is 0.419 e. The molecule has 0 aromatic heterocycles. The Morgan fingerprint density at radius 1 is 1.26 bits per heavy atom. The molecule has 1 aromatic carbocycles. The number of benzene rings is 1. The summed E-state index contributed by atoms with van der Waals surface area (Å²) in [6, 6.07) is 3.32. The molecular weight excluding hydrogens is 261 g/mol. The van der Waals surface area contributed by atoms with Crippen LogP contribution in [0.1, 0.15) is 28.8 Å². The van der Waals surface area contributed by atoms with Gasteiger partial charge in [-0.1, -0.05) is 0 Å². The molecule has 19 heavy (non-hydrogen) atoms. The van der Waals surface area contributed by atoms with Crippen LogP contribution in [0.5, 0.6) is 5.75 Å². The van der Waals surface area contributed by atoms with Gasteiger partial charge >= 0.3 is 6.18 Å². The number of aldehydes is 1. The monoisotopic (exact) mass is 274 g/mol. The SMILES string of the molecule is O=Cc1ccc(OC2CCOCC2)c(C(F)(F)F)c1. The van der Waals surface area contributed by atoms with E-state index in [1.807, 2.05) is 0 Å². The van der Waals surface area contributed by atoms with E-state index in [9.17, 15) is 18.0 Å². The molecule has 1 aromatic rings. The Morgan fingerprint density at radius 2 is 1.95 bits per heavy atom.